The van der Waals surface area contributed by atoms with Crippen molar-refractivity contribution in [2.24, 2.45) is 0 Å². The summed E-state index contributed by atoms with van der Waals surface area (Å²) in [4.78, 5) is 17.1. The highest BCUT2D eigenvalue weighted by atomic mass is 17.3. The van der Waals surface area contributed by atoms with Gasteiger partial charge in [-0.1, -0.05) is 26.0 Å². The Bertz CT molecular complexity index is 253. The Kier molecular flexibility index (Phi) is 11.4. The van der Waals surface area contributed by atoms with E-state index in [1.807, 2.05) is 0 Å². The Morgan fingerprint density at radius 2 is 1.10 bits per heavy atom. The molecule has 4 N–H and O–H groups in total. The Morgan fingerprint density at radius 3 is 1.35 bits per heavy atom. The normalized spacial score (nSPS) is 18.5. The summed E-state index contributed by atoms with van der Waals surface area (Å²) in [6.45, 7) is 3.53. The molecule has 0 saturated heterocycles. The van der Waals surface area contributed by atoms with Gasteiger partial charge in [-0.3, -0.25) is 0 Å². The molecule has 0 saturated carbocycles. The lowest BCUT2D eigenvalue weighted by Gasteiger charge is -2.13. The van der Waals surface area contributed by atoms with Crippen LogP contribution >= 0.6 is 0 Å². The smallest absolute Gasteiger partial charge is 0.242 e. The molecule has 0 aliphatic rings. The molecular weight excluding hydrogens is 272 g/mol. The lowest BCUT2D eigenvalue weighted by molar-refractivity contribution is -0.490. The molecule has 0 bridgehead atoms. The lowest BCUT2D eigenvalue weighted by Crippen LogP contribution is -2.21. The molecule has 0 aliphatic carbocycles. The largest absolute Gasteiger partial charge is 0.389 e. The maximum atomic E-state index is 9.27. The van der Waals surface area contributed by atoms with Crippen LogP contribution in [0.15, 0.2) is 24.3 Å². The molecule has 4 atom stereocenters. The fourth-order valence-electron chi connectivity index (χ4n) is 0.989. The van der Waals surface area contributed by atoms with Gasteiger partial charge in [0.25, 0.3) is 0 Å². The molecule has 0 aromatic heterocycles. The molecule has 0 aliphatic heterocycles. The van der Waals surface area contributed by atoms with E-state index in [9.17, 15) is 10.2 Å². The average molecular weight is 294 g/mol. The van der Waals surface area contributed by atoms with E-state index in [4.69, 9.17) is 10.5 Å². The first kappa shape index (κ1) is 19.2. The van der Waals surface area contributed by atoms with E-state index in [-0.39, 0.29) is 0 Å². The van der Waals surface area contributed by atoms with Crippen LogP contribution in [0.2, 0.25) is 0 Å². The lowest BCUT2D eigenvalue weighted by atomic mass is 10.2. The summed E-state index contributed by atoms with van der Waals surface area (Å²) in [7, 11) is 0. The molecule has 118 valence electrons. The van der Waals surface area contributed by atoms with E-state index in [0.717, 1.165) is 0 Å². The highest BCUT2D eigenvalue weighted by Gasteiger charge is 2.13. The first-order valence-electron chi connectivity index (χ1n) is 6.22. The third-order valence-electron chi connectivity index (χ3n) is 2.27. The fourth-order valence-corrected chi connectivity index (χ4v) is 0.989. The van der Waals surface area contributed by atoms with Crippen LogP contribution in [0.5, 0.6) is 0 Å². The SMILES string of the molecule is CCC(O)C=CC(OO)OOC(C=CC(O)CC)OO. The zero-order chi connectivity index (χ0) is 15.4. The van der Waals surface area contributed by atoms with Crippen molar-refractivity contribution in [2.75, 3.05) is 0 Å². The highest BCUT2D eigenvalue weighted by Crippen LogP contribution is 2.05. The van der Waals surface area contributed by atoms with Crippen LogP contribution in [0.1, 0.15) is 26.7 Å². The van der Waals surface area contributed by atoms with Crippen molar-refractivity contribution in [2.45, 2.75) is 51.5 Å². The van der Waals surface area contributed by atoms with E-state index in [1.54, 1.807) is 13.8 Å². The van der Waals surface area contributed by atoms with E-state index >= 15 is 0 Å². The second kappa shape index (κ2) is 11.9. The predicted octanol–water partition coefficient (Wildman–Crippen LogP) is 1.22. The number of hydrogen-bond acceptors (Lipinski definition) is 8. The number of hydrogen-bond donors (Lipinski definition) is 4. The monoisotopic (exact) mass is 294 g/mol. The summed E-state index contributed by atoms with van der Waals surface area (Å²) in [5.41, 5.74) is 0. The second-order valence-electron chi connectivity index (χ2n) is 3.86. The van der Waals surface area contributed by atoms with Gasteiger partial charge in [-0.15, -0.1) is 0 Å². The Hall–Kier alpha value is -0.840. The number of aliphatic hydroxyl groups is 2. The summed E-state index contributed by atoms with van der Waals surface area (Å²) in [6.07, 6.45) is 2.05. The van der Waals surface area contributed by atoms with Gasteiger partial charge in [0.1, 0.15) is 0 Å². The van der Waals surface area contributed by atoms with Crippen molar-refractivity contribution in [3.05, 3.63) is 24.3 Å². The first-order valence-corrected chi connectivity index (χ1v) is 6.22. The standard InChI is InChI=1S/C12H22O8/c1-3-9(13)5-7-11(17-15)19-20-12(18-16)8-6-10(14)4-2/h5-16H,3-4H2,1-2H3. The molecule has 0 amide bonds. The molecule has 20 heavy (non-hydrogen) atoms. The zero-order valence-electron chi connectivity index (χ0n) is 11.5. The van der Waals surface area contributed by atoms with Crippen molar-refractivity contribution in [1.29, 1.82) is 0 Å². The van der Waals surface area contributed by atoms with E-state index in [1.165, 1.54) is 24.3 Å². The van der Waals surface area contributed by atoms with Crippen molar-refractivity contribution in [3.63, 3.8) is 0 Å². The van der Waals surface area contributed by atoms with Gasteiger partial charge in [-0.25, -0.2) is 10.5 Å². The minimum atomic E-state index is -1.31. The topological polar surface area (TPSA) is 118 Å². The van der Waals surface area contributed by atoms with Crippen LogP contribution < -0.4 is 0 Å². The van der Waals surface area contributed by atoms with Gasteiger partial charge in [0, 0.05) is 0 Å². The molecule has 0 rings (SSSR count). The van der Waals surface area contributed by atoms with Gasteiger partial charge in [-0.2, -0.15) is 19.6 Å². The van der Waals surface area contributed by atoms with Gasteiger partial charge in [0.05, 0.1) is 12.2 Å². The summed E-state index contributed by atoms with van der Waals surface area (Å²) < 4.78 is 0. The predicted molar refractivity (Wildman–Crippen MR) is 68.0 cm³/mol. The minimum absolute atomic E-state index is 0.482. The van der Waals surface area contributed by atoms with E-state index in [2.05, 4.69) is 19.6 Å². The number of rotatable bonds is 11. The molecule has 8 nitrogen and oxygen atoms in total. The molecule has 8 heteroatoms. The molecule has 0 spiro atoms. The first-order chi connectivity index (χ1) is 9.57. The van der Waals surface area contributed by atoms with E-state index < -0.39 is 24.8 Å². The van der Waals surface area contributed by atoms with Crippen molar-refractivity contribution < 1.29 is 40.3 Å². The van der Waals surface area contributed by atoms with Gasteiger partial charge in [0.15, 0.2) is 0 Å². The third kappa shape index (κ3) is 9.13. The molecule has 0 aromatic carbocycles. The summed E-state index contributed by atoms with van der Waals surface area (Å²) >= 11 is 0. The fraction of sp³-hybridized carbons (Fsp3) is 0.667. The third-order valence-corrected chi connectivity index (χ3v) is 2.27. The van der Waals surface area contributed by atoms with Gasteiger partial charge in [0.2, 0.25) is 12.6 Å². The molecule has 0 fully saturated rings. The maximum Gasteiger partial charge on any atom is 0.242 e. The van der Waals surface area contributed by atoms with Crippen LogP contribution in [0, 0.1) is 0 Å². The van der Waals surface area contributed by atoms with Crippen LogP contribution in [-0.2, 0) is 19.6 Å². The van der Waals surface area contributed by atoms with Gasteiger partial charge >= 0.3 is 0 Å². The molecule has 4 unspecified atom stereocenters. The summed E-state index contributed by atoms with van der Waals surface area (Å²) in [5, 5.41) is 35.7. The van der Waals surface area contributed by atoms with Crippen LogP contribution in [0.4, 0.5) is 0 Å². The second-order valence-corrected chi connectivity index (χ2v) is 3.86. The zero-order valence-corrected chi connectivity index (χ0v) is 11.5. The Labute approximate surface area is 117 Å². The molecule has 0 aromatic rings. The summed E-state index contributed by atoms with van der Waals surface area (Å²) in [5.74, 6) is 0. The van der Waals surface area contributed by atoms with Crippen LogP contribution in [0.3, 0.4) is 0 Å². The quantitative estimate of drug-likeness (QED) is 0.194. The van der Waals surface area contributed by atoms with Gasteiger partial charge < -0.3 is 10.2 Å². The highest BCUT2D eigenvalue weighted by molar-refractivity contribution is 4.91. The number of aliphatic hydroxyl groups excluding tert-OH is 2. The van der Waals surface area contributed by atoms with Gasteiger partial charge in [-0.05, 0) is 25.0 Å². The Balaban J connectivity index is 4.24. The van der Waals surface area contributed by atoms with E-state index in [0.29, 0.717) is 12.8 Å². The van der Waals surface area contributed by atoms with Crippen molar-refractivity contribution >= 4 is 0 Å². The van der Waals surface area contributed by atoms with Crippen molar-refractivity contribution in [1.82, 2.24) is 0 Å². The minimum Gasteiger partial charge on any atom is -0.389 e. The maximum absolute atomic E-state index is 9.27. The molecule has 0 heterocycles. The Morgan fingerprint density at radius 1 is 0.750 bits per heavy atom. The molecular formula is C12H22O8. The summed E-state index contributed by atoms with van der Waals surface area (Å²) in [6, 6.07) is 0. The van der Waals surface area contributed by atoms with Crippen molar-refractivity contribution in [3.8, 4) is 0 Å². The van der Waals surface area contributed by atoms with Crippen LogP contribution in [-0.4, -0.2) is 45.5 Å². The van der Waals surface area contributed by atoms with Crippen LogP contribution in [0.25, 0.3) is 0 Å². The average Bonchev–Trinajstić information content (AvgIpc) is 2.49. The molecule has 0 radical (unpaired) electrons.